The molecule has 10 nitrogen and oxygen atoms in total. The number of hydrogen-bond donors (Lipinski definition) is 4. The predicted octanol–water partition coefficient (Wildman–Crippen LogP) is 5.98. The molecule has 1 aromatic heterocycles. The Morgan fingerprint density at radius 3 is 2.39 bits per heavy atom. The largest absolute Gasteiger partial charge is 0.508 e. The zero-order valence-corrected chi connectivity index (χ0v) is 25.6. The van der Waals surface area contributed by atoms with Crippen molar-refractivity contribution in [1.29, 1.82) is 0 Å². The average Bonchev–Trinajstić information content (AvgIpc) is 2.92. The molecule has 1 saturated heterocycles. The zero-order valence-electron chi connectivity index (χ0n) is 23.2. The normalized spacial score (nSPS) is 16.7. The molecule has 3 aromatic rings. The van der Waals surface area contributed by atoms with Gasteiger partial charge in [0.1, 0.15) is 39.7 Å². The Balaban J connectivity index is 0.000000278. The van der Waals surface area contributed by atoms with Gasteiger partial charge in [-0.1, -0.05) is 11.6 Å². The minimum atomic E-state index is -2.84. The summed E-state index contributed by atoms with van der Waals surface area (Å²) in [6.45, 7) is 6.12. The number of rotatable bonds is 9. The maximum atomic E-state index is 13.1. The molecule has 0 saturated carbocycles. The summed E-state index contributed by atoms with van der Waals surface area (Å²) in [5.74, 6) is 0.791. The van der Waals surface area contributed by atoms with Crippen molar-refractivity contribution in [2.24, 2.45) is 0 Å². The Kier molecular flexibility index (Phi) is 12.0. The number of alkyl halides is 2. The number of nitrogens with one attached hydrogen (secondary N) is 1. The summed E-state index contributed by atoms with van der Waals surface area (Å²) >= 11 is 11.2. The minimum Gasteiger partial charge on any atom is -0.508 e. The molecule has 4 N–H and O–H groups in total. The molecular weight excluding hydrogens is 594 g/mol. The summed E-state index contributed by atoms with van der Waals surface area (Å²) in [6, 6.07) is 6.89. The number of allylic oxidation sites excluding steroid dienone is 2. The van der Waals surface area contributed by atoms with E-state index in [-0.39, 0.29) is 46.0 Å². The van der Waals surface area contributed by atoms with Crippen LogP contribution < -0.4 is 15.3 Å². The summed E-state index contributed by atoms with van der Waals surface area (Å²) in [5.41, 5.74) is 1.32. The molecule has 0 amide bonds. The number of halogens is 2. The van der Waals surface area contributed by atoms with E-state index in [1.807, 2.05) is 19.9 Å². The van der Waals surface area contributed by atoms with Gasteiger partial charge in [0.2, 0.25) is 5.43 Å². The highest BCUT2D eigenvalue weighted by molar-refractivity contribution is 7.54. The van der Waals surface area contributed by atoms with E-state index >= 15 is 0 Å². The Bertz CT molecular complexity index is 1470. The van der Waals surface area contributed by atoms with Crippen molar-refractivity contribution in [3.63, 3.8) is 0 Å². The van der Waals surface area contributed by atoms with Gasteiger partial charge < -0.3 is 29.0 Å². The van der Waals surface area contributed by atoms with Crippen molar-refractivity contribution < 1.29 is 33.6 Å². The van der Waals surface area contributed by atoms with Gasteiger partial charge in [0.05, 0.1) is 19.3 Å². The number of benzene rings is 2. The van der Waals surface area contributed by atoms with E-state index in [1.165, 1.54) is 37.4 Å². The third-order valence-corrected chi connectivity index (χ3v) is 8.81. The Hall–Kier alpha value is -2.72. The van der Waals surface area contributed by atoms with E-state index < -0.39 is 13.1 Å². The van der Waals surface area contributed by atoms with E-state index in [9.17, 15) is 24.7 Å². The molecule has 224 valence electrons. The number of phenols is 3. The van der Waals surface area contributed by atoms with Crippen molar-refractivity contribution in [2.45, 2.75) is 26.7 Å². The molecule has 1 fully saturated rings. The van der Waals surface area contributed by atoms with Crippen molar-refractivity contribution in [3.05, 3.63) is 57.8 Å². The molecule has 0 bridgehead atoms. The van der Waals surface area contributed by atoms with Gasteiger partial charge in [-0.25, -0.2) is 9.76 Å². The molecule has 2 heterocycles. The third-order valence-electron chi connectivity index (χ3n) is 6.17. The number of nitrogens with zero attached hydrogens (tertiary/aromatic N) is 1. The highest BCUT2D eigenvalue weighted by Gasteiger charge is 2.32. The van der Waals surface area contributed by atoms with Crippen molar-refractivity contribution in [1.82, 2.24) is 9.76 Å². The molecule has 13 heteroatoms. The first-order valence-electron chi connectivity index (χ1n) is 12.9. The second-order valence-corrected chi connectivity index (χ2v) is 12.3. The van der Waals surface area contributed by atoms with E-state index in [4.69, 9.17) is 36.9 Å². The van der Waals surface area contributed by atoms with Gasteiger partial charge >= 0.3 is 7.67 Å². The monoisotopic (exact) mass is 628 g/mol. The van der Waals surface area contributed by atoms with Crippen molar-refractivity contribution in [3.8, 4) is 34.3 Å². The minimum absolute atomic E-state index is 0.0509. The predicted molar refractivity (Wildman–Crippen MR) is 162 cm³/mol. The number of phenolic OH excluding ortho intramolecular Hbond substituents is 3. The lowest BCUT2D eigenvalue weighted by Gasteiger charge is -2.33. The van der Waals surface area contributed by atoms with Crippen LogP contribution in [0.5, 0.6) is 23.0 Å². The van der Waals surface area contributed by atoms with Gasteiger partial charge in [0, 0.05) is 55.2 Å². The van der Waals surface area contributed by atoms with Gasteiger partial charge in [-0.05, 0) is 38.8 Å². The van der Waals surface area contributed by atoms with Crippen LogP contribution in [0.4, 0.5) is 0 Å². The summed E-state index contributed by atoms with van der Waals surface area (Å²) in [7, 11) is -1.40. The molecule has 41 heavy (non-hydrogen) atoms. The molecule has 0 spiro atoms. The fourth-order valence-electron chi connectivity index (χ4n) is 4.13. The fourth-order valence-corrected chi connectivity index (χ4v) is 6.77. The Morgan fingerprint density at radius 2 is 1.83 bits per heavy atom. The number of aromatic hydroxyl groups is 3. The zero-order chi connectivity index (χ0) is 30.2. The lowest BCUT2D eigenvalue weighted by atomic mass is 10.00. The third kappa shape index (κ3) is 8.19. The molecule has 1 aliphatic heterocycles. The molecule has 0 aliphatic carbocycles. The quantitative estimate of drug-likeness (QED) is 0.127. The number of ether oxygens (including phenoxy) is 1. The molecule has 1 unspecified atom stereocenters. The van der Waals surface area contributed by atoms with Crippen LogP contribution in [0.2, 0.25) is 0 Å². The number of fused-ring (bicyclic) bond motifs is 1. The second-order valence-electron chi connectivity index (χ2n) is 9.39. The van der Waals surface area contributed by atoms with Gasteiger partial charge in [-0.3, -0.25) is 9.36 Å². The molecular formula is C28H35Cl2N2O8P. The van der Waals surface area contributed by atoms with Gasteiger partial charge in [-0.2, -0.15) is 0 Å². The molecule has 1 atom stereocenters. The molecule has 2 aromatic carbocycles. The Labute approximate surface area is 248 Å². The number of methoxy groups -OCH3 is 1. The second kappa shape index (κ2) is 15.0. The molecule has 4 rings (SSSR count). The van der Waals surface area contributed by atoms with Gasteiger partial charge in [0.15, 0.2) is 0 Å². The van der Waals surface area contributed by atoms with Crippen LogP contribution in [0.15, 0.2) is 51.2 Å². The average molecular weight is 629 g/mol. The molecule has 0 radical (unpaired) electrons. The SMILES string of the molecule is COc1cc(O)c2c(=O)c(CC=C(C)C)c(-c3ccc(O)cc3O)oc2c1.O=P1(N(CCCl)CCCl)NCCCO1. The summed E-state index contributed by atoms with van der Waals surface area (Å²) in [5, 5.41) is 33.0. The smallest absolute Gasteiger partial charge is 0.343 e. The molecule has 1 aliphatic rings. The highest BCUT2D eigenvalue weighted by Crippen LogP contribution is 2.48. The summed E-state index contributed by atoms with van der Waals surface area (Å²) in [4.78, 5) is 13.1. The first-order chi connectivity index (χ1) is 19.5. The van der Waals surface area contributed by atoms with Gasteiger partial charge in [-0.15, -0.1) is 23.2 Å². The highest BCUT2D eigenvalue weighted by atomic mass is 35.5. The first-order valence-corrected chi connectivity index (χ1v) is 15.6. The van der Waals surface area contributed by atoms with E-state index in [2.05, 4.69) is 5.09 Å². The van der Waals surface area contributed by atoms with Crippen molar-refractivity contribution >= 4 is 41.8 Å². The van der Waals surface area contributed by atoms with Crippen LogP contribution in [0, 0.1) is 0 Å². The Morgan fingerprint density at radius 1 is 1.12 bits per heavy atom. The maximum absolute atomic E-state index is 13.1. The topological polar surface area (TPSA) is 142 Å². The van der Waals surface area contributed by atoms with Crippen molar-refractivity contribution in [2.75, 3.05) is 45.1 Å². The van der Waals surface area contributed by atoms with Crippen LogP contribution in [-0.2, 0) is 15.5 Å². The van der Waals surface area contributed by atoms with Gasteiger partial charge in [0.25, 0.3) is 0 Å². The van der Waals surface area contributed by atoms with Crippen LogP contribution in [-0.4, -0.2) is 65.1 Å². The lowest BCUT2D eigenvalue weighted by molar-refractivity contribution is 0.233. The first kappa shape index (κ1) is 32.8. The van der Waals surface area contributed by atoms with Crippen LogP contribution in [0.3, 0.4) is 0 Å². The van der Waals surface area contributed by atoms with E-state index in [1.54, 1.807) is 4.67 Å². The maximum Gasteiger partial charge on any atom is 0.343 e. The number of hydrogen-bond acceptors (Lipinski definition) is 8. The summed E-state index contributed by atoms with van der Waals surface area (Å²) < 4.78 is 30.2. The van der Waals surface area contributed by atoms with Crippen LogP contribution >= 0.6 is 30.9 Å². The lowest BCUT2D eigenvalue weighted by Crippen LogP contribution is -2.35. The fraction of sp³-hybridized carbons (Fsp3) is 0.393. The van der Waals surface area contributed by atoms with E-state index in [0.29, 0.717) is 42.8 Å². The standard InChI is InChI=1S/C21H20O6.C7H15Cl2N2O2P/c1-11(2)4-6-15-20(25)19-17(24)9-13(26-3)10-18(19)27-21(15)14-7-5-12(22)8-16(14)23;8-2-5-11(6-3-9)14(12)10-4-1-7-13-14/h4-5,7-10,22-24H,6H2,1-3H3;1-7H2,(H,10,12). The van der Waals surface area contributed by atoms with Crippen LogP contribution in [0.25, 0.3) is 22.3 Å². The van der Waals surface area contributed by atoms with Crippen LogP contribution in [0.1, 0.15) is 25.8 Å². The van der Waals surface area contributed by atoms with E-state index in [0.717, 1.165) is 18.5 Å². The summed E-state index contributed by atoms with van der Waals surface area (Å²) in [6.07, 6.45) is 3.01.